The van der Waals surface area contributed by atoms with Crippen LogP contribution < -0.4 is 35.3 Å². The summed E-state index contributed by atoms with van der Waals surface area (Å²) in [6.07, 6.45) is 10.6. The molecule has 0 radical (unpaired) electrons. The number of hydrogen-bond acceptors (Lipinski definition) is 13. The summed E-state index contributed by atoms with van der Waals surface area (Å²) in [5, 5.41) is 5.49. The van der Waals surface area contributed by atoms with E-state index >= 15 is 0 Å². The van der Waals surface area contributed by atoms with Gasteiger partial charge in [-0.05, 0) is 90.8 Å². The van der Waals surface area contributed by atoms with Crippen LogP contribution in [0.3, 0.4) is 0 Å². The fourth-order valence-corrected chi connectivity index (χ4v) is 8.52. The van der Waals surface area contributed by atoms with E-state index in [4.69, 9.17) is 39.4 Å². The number of amides is 4. The van der Waals surface area contributed by atoms with Gasteiger partial charge in [-0.15, -0.1) is 0 Å². The van der Waals surface area contributed by atoms with E-state index in [0.29, 0.717) is 82.8 Å². The smallest absolute Gasteiger partial charge is 0.337 e. The van der Waals surface area contributed by atoms with Crippen LogP contribution in [-0.2, 0) is 14.3 Å². The van der Waals surface area contributed by atoms with Crippen molar-refractivity contribution >= 4 is 70.2 Å². The number of carbonyl (C=O) groups is 5. The van der Waals surface area contributed by atoms with Gasteiger partial charge in [0, 0.05) is 55.5 Å². The van der Waals surface area contributed by atoms with Gasteiger partial charge in [0.25, 0.3) is 11.8 Å². The van der Waals surface area contributed by atoms with Gasteiger partial charge in [0.15, 0.2) is 23.0 Å². The summed E-state index contributed by atoms with van der Waals surface area (Å²) in [5.41, 5.74) is 12.4. The van der Waals surface area contributed by atoms with Crippen molar-refractivity contribution in [1.82, 2.24) is 15.1 Å². The quantitative estimate of drug-likeness (QED) is 0.0657. The van der Waals surface area contributed by atoms with Gasteiger partial charge in [0.2, 0.25) is 11.8 Å². The van der Waals surface area contributed by atoms with E-state index in [1.807, 2.05) is 50.5 Å². The predicted octanol–water partition coefficient (Wildman–Crippen LogP) is 7.49. The molecule has 0 aromatic heterocycles. The van der Waals surface area contributed by atoms with Crippen molar-refractivity contribution in [3.8, 4) is 23.0 Å². The third-order valence-electron chi connectivity index (χ3n) is 12.7. The van der Waals surface area contributed by atoms with Gasteiger partial charge in [-0.3, -0.25) is 29.2 Å². The molecule has 0 fully saturated rings. The second-order valence-electron chi connectivity index (χ2n) is 17.8. The number of methoxy groups -OCH3 is 3. The average molecular weight is 952 g/mol. The molecule has 0 aliphatic carbocycles. The van der Waals surface area contributed by atoms with Crippen LogP contribution in [0.25, 0.3) is 11.1 Å². The maximum atomic E-state index is 14.0. The molecule has 17 nitrogen and oxygen atoms in total. The van der Waals surface area contributed by atoms with E-state index in [0.717, 1.165) is 41.5 Å². The number of aliphatic imine (C=N–C) groups is 2. The Bertz CT molecular complexity index is 2800. The van der Waals surface area contributed by atoms with E-state index in [1.165, 1.54) is 21.3 Å². The molecule has 17 heteroatoms. The lowest BCUT2D eigenvalue weighted by atomic mass is 10.0. The Balaban J connectivity index is 0.817. The van der Waals surface area contributed by atoms with Gasteiger partial charge in [-0.2, -0.15) is 0 Å². The third-order valence-corrected chi connectivity index (χ3v) is 12.7. The summed E-state index contributed by atoms with van der Waals surface area (Å²) < 4.78 is 28.5. The topological polar surface area (TPSA) is 213 Å². The molecular weight excluding hydrogens is 895 g/mol. The number of benzene rings is 4. The number of nitrogens with two attached hydrogens (primary N) is 1. The molecule has 70 heavy (non-hydrogen) atoms. The molecule has 0 saturated carbocycles. The van der Waals surface area contributed by atoms with Crippen molar-refractivity contribution in [2.75, 3.05) is 39.9 Å². The number of fused-ring (bicyclic) bond motifs is 4. The van der Waals surface area contributed by atoms with Gasteiger partial charge in [-0.25, -0.2) is 4.79 Å². The Morgan fingerprint density at radius 3 is 1.61 bits per heavy atom. The molecule has 0 saturated heterocycles. The van der Waals surface area contributed by atoms with E-state index in [9.17, 15) is 24.0 Å². The van der Waals surface area contributed by atoms with Crippen LogP contribution in [0.2, 0.25) is 0 Å². The normalized spacial score (nSPS) is 17.5. The lowest BCUT2D eigenvalue weighted by molar-refractivity contribution is -0.127. The number of nitrogens with one attached hydrogen (secondary N) is 2. The van der Waals surface area contributed by atoms with E-state index < -0.39 is 18.1 Å². The Kier molecular flexibility index (Phi) is 14.8. The number of esters is 1. The van der Waals surface area contributed by atoms with Crippen molar-refractivity contribution in [2.24, 2.45) is 21.6 Å². The van der Waals surface area contributed by atoms with Crippen LogP contribution >= 0.6 is 0 Å². The third kappa shape index (κ3) is 10.4. The van der Waals surface area contributed by atoms with Crippen molar-refractivity contribution in [3.63, 3.8) is 0 Å². The van der Waals surface area contributed by atoms with Crippen LogP contribution in [-0.4, -0.2) is 111 Å². The highest BCUT2D eigenvalue weighted by atomic mass is 16.5. The summed E-state index contributed by atoms with van der Waals surface area (Å²) in [4.78, 5) is 77.6. The Morgan fingerprint density at radius 1 is 0.671 bits per heavy atom. The van der Waals surface area contributed by atoms with Crippen LogP contribution in [0.1, 0.15) is 95.1 Å². The van der Waals surface area contributed by atoms with Crippen LogP contribution in [0, 0.1) is 5.92 Å². The highest BCUT2D eigenvalue weighted by Gasteiger charge is 2.35. The molecule has 4 aliphatic heterocycles. The van der Waals surface area contributed by atoms with Crippen LogP contribution in [0.5, 0.6) is 23.0 Å². The first-order chi connectivity index (χ1) is 33.8. The molecule has 4 aliphatic rings. The fourth-order valence-electron chi connectivity index (χ4n) is 8.52. The highest BCUT2D eigenvalue weighted by Crippen LogP contribution is 2.42. The van der Waals surface area contributed by atoms with Gasteiger partial charge in [0.1, 0.15) is 6.04 Å². The SMILES string of the molecule is COC(=O)c1ccc(C2=CN3C(=O)c4cc(OC)c(OCCCCCOc5cc6c(cc5OC)C(=O)N5C=C(c7ccc(NC(=O)[C@H](C)NC(=O)[C@@H](N)C(C)C)cc7)C[C@H]5C=N6)cc4N=C[C@@H]3C2)cc1. The molecule has 8 rings (SSSR count). The first-order valence-corrected chi connectivity index (χ1v) is 23.3. The van der Waals surface area contributed by atoms with E-state index in [1.54, 1.807) is 77.7 Å². The number of hydrogen-bond donors (Lipinski definition) is 3. The summed E-state index contributed by atoms with van der Waals surface area (Å²) in [6, 6.07) is 19.2. The molecule has 0 unspecified atom stereocenters. The molecule has 364 valence electrons. The van der Waals surface area contributed by atoms with Crippen molar-refractivity contribution in [2.45, 2.75) is 77.0 Å². The zero-order valence-corrected chi connectivity index (χ0v) is 40.0. The number of carbonyl (C=O) groups excluding carboxylic acids is 5. The highest BCUT2D eigenvalue weighted by molar-refractivity contribution is 6.07. The minimum atomic E-state index is -0.776. The number of rotatable bonds is 18. The van der Waals surface area contributed by atoms with Gasteiger partial charge >= 0.3 is 5.97 Å². The number of ether oxygens (including phenoxy) is 5. The molecule has 4 amide bonds. The second-order valence-corrected chi connectivity index (χ2v) is 17.8. The lowest BCUT2D eigenvalue weighted by Crippen LogP contribution is -2.50. The molecule has 4 heterocycles. The minimum absolute atomic E-state index is 0.0606. The monoisotopic (exact) mass is 951 g/mol. The van der Waals surface area contributed by atoms with Crippen molar-refractivity contribution in [3.05, 3.63) is 113 Å². The Labute approximate surface area is 406 Å². The number of anilines is 1. The number of unbranched alkanes of at least 4 members (excludes halogenated alkanes) is 2. The molecular formula is C53H57N7O10. The van der Waals surface area contributed by atoms with Gasteiger partial charge in [-0.1, -0.05) is 38.1 Å². The minimum Gasteiger partial charge on any atom is -0.493 e. The molecule has 0 bridgehead atoms. The fraction of sp³-hybridized carbons (Fsp3) is 0.340. The molecule has 4 atom stereocenters. The maximum Gasteiger partial charge on any atom is 0.337 e. The maximum absolute atomic E-state index is 14.0. The molecule has 0 spiro atoms. The second kappa shape index (κ2) is 21.2. The van der Waals surface area contributed by atoms with Crippen LogP contribution in [0.4, 0.5) is 17.1 Å². The van der Waals surface area contributed by atoms with Crippen LogP contribution in [0.15, 0.2) is 95.2 Å². The first-order valence-electron chi connectivity index (χ1n) is 23.3. The average Bonchev–Trinajstić information content (AvgIpc) is 3.95. The van der Waals surface area contributed by atoms with Crippen molar-refractivity contribution < 1.29 is 47.7 Å². The van der Waals surface area contributed by atoms with Crippen molar-refractivity contribution in [1.29, 1.82) is 0 Å². The summed E-state index contributed by atoms with van der Waals surface area (Å²) in [6.45, 7) is 6.08. The molecule has 4 N–H and O–H groups in total. The largest absolute Gasteiger partial charge is 0.493 e. The molecule has 4 aromatic rings. The Morgan fingerprint density at radius 2 is 1.16 bits per heavy atom. The summed E-state index contributed by atoms with van der Waals surface area (Å²) in [7, 11) is 4.41. The predicted molar refractivity (Wildman–Crippen MR) is 266 cm³/mol. The van der Waals surface area contributed by atoms with E-state index in [-0.39, 0.29) is 41.6 Å². The summed E-state index contributed by atoms with van der Waals surface area (Å²) >= 11 is 0. The van der Waals surface area contributed by atoms with E-state index in [2.05, 4.69) is 10.6 Å². The first kappa shape index (κ1) is 48.7. The van der Waals surface area contributed by atoms with Gasteiger partial charge < -0.3 is 49.9 Å². The Hall–Kier alpha value is -7.79. The number of nitrogens with zero attached hydrogens (tertiary/aromatic N) is 4. The zero-order chi connectivity index (χ0) is 49.6. The lowest BCUT2D eigenvalue weighted by Gasteiger charge is -2.19. The zero-order valence-electron chi connectivity index (χ0n) is 40.0. The van der Waals surface area contributed by atoms with Gasteiger partial charge in [0.05, 0.1) is 80.7 Å². The standard InChI is InChI=1S/C53H57N7O10/c1-30(2)48(54)50(62)57-31(3)49(61)58-37-16-14-33(15-17-37)36-21-39-27-56-43-25-47(45(67-5)23-41(43)52(64)60(39)29-36)70-19-9-7-8-18-69-46-24-42-40(22-44(46)66-4)51(63)59-28-35(20-38(59)26-55-42)32-10-12-34(13-11-32)53(65)68-6/h10-17,22-31,38-39,48H,7-9,18-21,54H2,1-6H3,(H,57,62)(H,58,61)/t31-,38-,39-,48-/m0/s1. The molecule has 4 aromatic carbocycles. The summed E-state index contributed by atoms with van der Waals surface area (Å²) in [5.74, 6) is 0.182.